The molecule has 2 aliphatic heterocycles. The lowest BCUT2D eigenvalue weighted by molar-refractivity contribution is 0.0603. The number of nitrogens with zero attached hydrogens (tertiary/aromatic N) is 3. The van der Waals surface area contributed by atoms with Crippen LogP contribution >= 0.6 is 11.5 Å². The van der Waals surface area contributed by atoms with Gasteiger partial charge in [-0.3, -0.25) is 4.90 Å². The van der Waals surface area contributed by atoms with Crippen molar-refractivity contribution >= 4 is 28.3 Å². The Kier molecular flexibility index (Phi) is 3.55. The number of nitrogens with two attached hydrogens (primary N) is 1. The van der Waals surface area contributed by atoms with Gasteiger partial charge in [0.1, 0.15) is 10.6 Å². The standard InChI is InChI=1S/C13H20N4O2S/c1-16-8-3-4-9(16)7-17(6-5-8)12-10(13(18)19-2)11(14)15-20-12/h8-9H,3-7H2,1-2H3,(H2,14,15). The second-order valence-electron chi connectivity index (χ2n) is 5.52. The molecular formula is C13H20N4O2S. The first-order valence-electron chi connectivity index (χ1n) is 6.92. The van der Waals surface area contributed by atoms with Crippen molar-refractivity contribution in [3.63, 3.8) is 0 Å². The van der Waals surface area contributed by atoms with Gasteiger partial charge in [0.2, 0.25) is 0 Å². The van der Waals surface area contributed by atoms with Gasteiger partial charge in [-0.05, 0) is 37.8 Å². The molecule has 2 atom stereocenters. The summed E-state index contributed by atoms with van der Waals surface area (Å²) < 4.78 is 8.97. The number of likely N-dealkylation sites (N-methyl/N-ethyl adjacent to an activating group) is 1. The Morgan fingerprint density at radius 2 is 2.15 bits per heavy atom. The first-order valence-corrected chi connectivity index (χ1v) is 7.69. The predicted molar refractivity (Wildman–Crippen MR) is 79.3 cm³/mol. The van der Waals surface area contributed by atoms with Gasteiger partial charge in [-0.25, -0.2) is 4.79 Å². The Morgan fingerprint density at radius 3 is 2.90 bits per heavy atom. The van der Waals surface area contributed by atoms with Crippen LogP contribution in [0, 0.1) is 0 Å². The number of methoxy groups -OCH3 is 1. The molecule has 3 heterocycles. The molecule has 6 nitrogen and oxygen atoms in total. The molecular weight excluding hydrogens is 276 g/mol. The van der Waals surface area contributed by atoms with E-state index in [1.807, 2.05) is 0 Å². The fourth-order valence-corrected chi connectivity index (χ4v) is 4.13. The molecule has 0 aliphatic carbocycles. The van der Waals surface area contributed by atoms with Crippen molar-refractivity contribution in [1.82, 2.24) is 9.27 Å². The van der Waals surface area contributed by atoms with Gasteiger partial charge in [0.05, 0.1) is 7.11 Å². The van der Waals surface area contributed by atoms with Crippen LogP contribution in [0.3, 0.4) is 0 Å². The van der Waals surface area contributed by atoms with Gasteiger partial charge < -0.3 is 15.4 Å². The highest BCUT2D eigenvalue weighted by Crippen LogP contribution is 2.36. The number of fused-ring (bicyclic) bond motifs is 2. The molecule has 0 radical (unpaired) electrons. The predicted octanol–water partition coefficient (Wildman–Crippen LogP) is 1.18. The van der Waals surface area contributed by atoms with Gasteiger partial charge >= 0.3 is 5.97 Å². The highest BCUT2D eigenvalue weighted by atomic mass is 32.1. The van der Waals surface area contributed by atoms with Gasteiger partial charge in [0.15, 0.2) is 5.82 Å². The lowest BCUT2D eigenvalue weighted by Crippen LogP contribution is -2.36. The fraction of sp³-hybridized carbons (Fsp3) is 0.692. The van der Waals surface area contributed by atoms with Crippen LogP contribution in [0.4, 0.5) is 10.8 Å². The highest BCUT2D eigenvalue weighted by Gasteiger charge is 2.36. The molecule has 0 aromatic carbocycles. The van der Waals surface area contributed by atoms with Crippen molar-refractivity contribution < 1.29 is 9.53 Å². The third-order valence-corrected chi connectivity index (χ3v) is 5.45. The minimum Gasteiger partial charge on any atom is -0.465 e. The maximum atomic E-state index is 11.9. The smallest absolute Gasteiger partial charge is 0.344 e. The lowest BCUT2D eigenvalue weighted by atomic mass is 10.1. The summed E-state index contributed by atoms with van der Waals surface area (Å²) >= 11 is 1.30. The number of aromatic nitrogens is 1. The van der Waals surface area contributed by atoms with E-state index in [2.05, 4.69) is 21.2 Å². The molecule has 2 fully saturated rings. The van der Waals surface area contributed by atoms with E-state index >= 15 is 0 Å². The molecule has 0 amide bonds. The molecule has 7 heteroatoms. The van der Waals surface area contributed by atoms with E-state index in [0.29, 0.717) is 17.6 Å². The highest BCUT2D eigenvalue weighted by molar-refractivity contribution is 7.11. The largest absolute Gasteiger partial charge is 0.465 e. The Morgan fingerprint density at radius 1 is 1.40 bits per heavy atom. The van der Waals surface area contributed by atoms with Crippen molar-refractivity contribution in [2.24, 2.45) is 0 Å². The summed E-state index contributed by atoms with van der Waals surface area (Å²) in [4.78, 5) is 16.6. The monoisotopic (exact) mass is 296 g/mol. The molecule has 1 aromatic rings. The van der Waals surface area contributed by atoms with Crippen LogP contribution in [0.1, 0.15) is 29.6 Å². The third kappa shape index (κ3) is 2.14. The number of hydrogen-bond donors (Lipinski definition) is 1. The summed E-state index contributed by atoms with van der Waals surface area (Å²) in [7, 11) is 3.58. The summed E-state index contributed by atoms with van der Waals surface area (Å²) in [5, 5.41) is 0.857. The van der Waals surface area contributed by atoms with Gasteiger partial charge in [0, 0.05) is 25.2 Å². The van der Waals surface area contributed by atoms with Crippen LogP contribution in [0.5, 0.6) is 0 Å². The lowest BCUT2D eigenvalue weighted by Gasteiger charge is -2.26. The Bertz CT molecular complexity index is 518. The molecule has 110 valence electrons. The molecule has 2 N–H and O–H groups in total. The Balaban J connectivity index is 1.88. The molecule has 2 bridgehead atoms. The van der Waals surface area contributed by atoms with Crippen LogP contribution < -0.4 is 10.6 Å². The number of hydrogen-bond acceptors (Lipinski definition) is 7. The zero-order valence-electron chi connectivity index (χ0n) is 11.8. The van der Waals surface area contributed by atoms with E-state index in [1.54, 1.807) is 0 Å². The molecule has 2 aliphatic rings. The van der Waals surface area contributed by atoms with Crippen LogP contribution in [0.15, 0.2) is 0 Å². The van der Waals surface area contributed by atoms with Crippen LogP contribution in [0.2, 0.25) is 0 Å². The van der Waals surface area contributed by atoms with Crippen LogP contribution in [0.25, 0.3) is 0 Å². The summed E-state index contributed by atoms with van der Waals surface area (Å²) in [5.41, 5.74) is 6.26. The molecule has 0 spiro atoms. The molecule has 0 saturated carbocycles. The normalized spacial score (nSPS) is 26.6. The average Bonchev–Trinajstić information content (AvgIpc) is 2.90. The van der Waals surface area contributed by atoms with Crippen molar-refractivity contribution in [2.75, 3.05) is 37.9 Å². The van der Waals surface area contributed by atoms with Crippen LogP contribution in [-0.2, 0) is 4.74 Å². The van der Waals surface area contributed by atoms with E-state index in [0.717, 1.165) is 24.5 Å². The summed E-state index contributed by atoms with van der Waals surface area (Å²) in [6, 6.07) is 1.22. The van der Waals surface area contributed by atoms with Gasteiger partial charge in [0.25, 0.3) is 0 Å². The SMILES string of the molecule is COC(=O)c1c(N)nsc1N1CCC2CCC(C1)N2C. The van der Waals surface area contributed by atoms with Crippen molar-refractivity contribution in [3.8, 4) is 0 Å². The molecule has 2 saturated heterocycles. The molecule has 1 aromatic heterocycles. The second-order valence-corrected chi connectivity index (χ2v) is 6.28. The van der Waals surface area contributed by atoms with Crippen molar-refractivity contribution in [1.29, 1.82) is 0 Å². The minimum absolute atomic E-state index is 0.277. The average molecular weight is 296 g/mol. The van der Waals surface area contributed by atoms with Gasteiger partial charge in [-0.1, -0.05) is 0 Å². The first-order chi connectivity index (χ1) is 9.61. The number of carbonyl (C=O) groups excluding carboxylic acids is 1. The summed E-state index contributed by atoms with van der Waals surface area (Å²) in [6.07, 6.45) is 3.62. The van der Waals surface area contributed by atoms with Crippen LogP contribution in [-0.4, -0.2) is 54.6 Å². The first kappa shape index (κ1) is 13.6. The van der Waals surface area contributed by atoms with Gasteiger partial charge in [-0.15, -0.1) is 0 Å². The second kappa shape index (κ2) is 5.21. The van der Waals surface area contributed by atoms with E-state index in [1.165, 1.54) is 31.5 Å². The maximum Gasteiger partial charge on any atom is 0.344 e. The zero-order chi connectivity index (χ0) is 14.3. The molecule has 2 unspecified atom stereocenters. The van der Waals surface area contributed by atoms with E-state index in [9.17, 15) is 4.79 Å². The number of rotatable bonds is 2. The zero-order valence-corrected chi connectivity index (χ0v) is 12.7. The summed E-state index contributed by atoms with van der Waals surface area (Å²) in [5.74, 6) is -0.117. The number of esters is 1. The van der Waals surface area contributed by atoms with E-state index in [4.69, 9.17) is 10.5 Å². The number of carbonyl (C=O) groups is 1. The Labute approximate surface area is 122 Å². The minimum atomic E-state index is -0.394. The maximum absolute atomic E-state index is 11.9. The Hall–Kier alpha value is -1.34. The third-order valence-electron chi connectivity index (χ3n) is 4.53. The number of ether oxygens (including phenoxy) is 1. The topological polar surface area (TPSA) is 71.7 Å². The number of nitrogen functional groups attached to an aromatic ring is 1. The van der Waals surface area contributed by atoms with Gasteiger partial charge in [-0.2, -0.15) is 4.37 Å². The van der Waals surface area contributed by atoms with E-state index in [-0.39, 0.29) is 5.82 Å². The van der Waals surface area contributed by atoms with Crippen molar-refractivity contribution in [2.45, 2.75) is 31.3 Å². The number of anilines is 2. The van der Waals surface area contributed by atoms with E-state index < -0.39 is 5.97 Å². The summed E-state index contributed by atoms with van der Waals surface area (Å²) in [6.45, 7) is 1.87. The van der Waals surface area contributed by atoms with Crippen molar-refractivity contribution in [3.05, 3.63) is 5.56 Å². The fourth-order valence-electron chi connectivity index (χ4n) is 3.30. The molecule has 3 rings (SSSR count). The molecule has 20 heavy (non-hydrogen) atoms. The quantitative estimate of drug-likeness (QED) is 0.827.